The van der Waals surface area contributed by atoms with Crippen molar-refractivity contribution in [3.8, 4) is 0 Å². The summed E-state index contributed by atoms with van der Waals surface area (Å²) in [5.41, 5.74) is 8.28. The maximum absolute atomic E-state index is 12.6. The largest absolute Gasteiger partial charge is 0.396 e. The van der Waals surface area contributed by atoms with Crippen molar-refractivity contribution in [2.75, 3.05) is 11.2 Å². The Labute approximate surface area is 120 Å². The molecule has 0 spiro atoms. The maximum atomic E-state index is 12.6. The van der Waals surface area contributed by atoms with Gasteiger partial charge in [0.15, 0.2) is 5.65 Å². The lowest BCUT2D eigenvalue weighted by atomic mass is 10.2. The number of nitrogens with one attached hydrogen (secondary N) is 1. The number of anilines is 2. The molecule has 0 saturated carbocycles. The molecule has 0 aliphatic heterocycles. The quantitative estimate of drug-likeness (QED) is 0.635. The van der Waals surface area contributed by atoms with Crippen LogP contribution in [0.1, 0.15) is 0 Å². The van der Waals surface area contributed by atoms with E-state index in [0.717, 1.165) is 3.97 Å². The summed E-state index contributed by atoms with van der Waals surface area (Å²) in [6, 6.07) is 9.56. The van der Waals surface area contributed by atoms with E-state index in [9.17, 15) is 8.42 Å². The van der Waals surface area contributed by atoms with E-state index in [1.165, 1.54) is 30.6 Å². The molecule has 0 fully saturated rings. The topological polar surface area (TPSA) is 110 Å². The normalized spacial score (nSPS) is 11.7. The molecule has 0 aliphatic rings. The first kappa shape index (κ1) is 13.4. The molecule has 0 bridgehead atoms. The van der Waals surface area contributed by atoms with Gasteiger partial charge in [0, 0.05) is 11.6 Å². The van der Waals surface area contributed by atoms with E-state index < -0.39 is 10.0 Å². The predicted octanol–water partition coefficient (Wildman–Crippen LogP) is 1.66. The number of benzene rings is 1. The number of nitrogens with two attached hydrogens (primary N) is 1. The summed E-state index contributed by atoms with van der Waals surface area (Å²) < 4.78 is 26.3. The van der Waals surface area contributed by atoms with Crippen molar-refractivity contribution in [2.45, 2.75) is 4.90 Å². The zero-order valence-electron chi connectivity index (χ0n) is 10.8. The minimum atomic E-state index is -3.76. The highest BCUT2D eigenvalue weighted by Gasteiger charge is 2.20. The minimum absolute atomic E-state index is 0.152. The Morgan fingerprint density at radius 2 is 1.90 bits per heavy atom. The summed E-state index contributed by atoms with van der Waals surface area (Å²) in [6.45, 7) is 0. The molecule has 0 atom stereocenters. The van der Waals surface area contributed by atoms with Crippen molar-refractivity contribution in [3.05, 3.63) is 48.8 Å². The van der Waals surface area contributed by atoms with E-state index in [-0.39, 0.29) is 21.9 Å². The number of fused-ring (bicyclic) bond motifs is 1. The van der Waals surface area contributed by atoms with Crippen LogP contribution >= 0.6 is 0 Å². The first-order valence-electron chi connectivity index (χ1n) is 6.02. The standard InChI is InChI=1S/C13H12N4O3S/c14-11-8-15-13-10(12(11)16-18)6-7-17(13)21(19,20)9-4-2-1-3-5-9/h1-8,18H,14H2,(H,15,16). The van der Waals surface area contributed by atoms with Gasteiger partial charge in [0.05, 0.1) is 22.5 Å². The summed E-state index contributed by atoms with van der Waals surface area (Å²) >= 11 is 0. The average molecular weight is 304 g/mol. The lowest BCUT2D eigenvalue weighted by Gasteiger charge is -2.08. The van der Waals surface area contributed by atoms with Crippen molar-refractivity contribution in [2.24, 2.45) is 0 Å². The zero-order valence-corrected chi connectivity index (χ0v) is 11.6. The van der Waals surface area contributed by atoms with Crippen LogP contribution in [0.15, 0.2) is 53.7 Å². The monoisotopic (exact) mass is 304 g/mol. The van der Waals surface area contributed by atoms with E-state index in [4.69, 9.17) is 10.9 Å². The van der Waals surface area contributed by atoms with Gasteiger partial charge in [-0.05, 0) is 18.2 Å². The van der Waals surface area contributed by atoms with Gasteiger partial charge in [-0.2, -0.15) is 0 Å². The summed E-state index contributed by atoms with van der Waals surface area (Å²) in [5.74, 6) is 0. The van der Waals surface area contributed by atoms with Crippen molar-refractivity contribution < 1.29 is 13.6 Å². The maximum Gasteiger partial charge on any atom is 0.269 e. The lowest BCUT2D eigenvalue weighted by Crippen LogP contribution is -2.12. The highest BCUT2D eigenvalue weighted by molar-refractivity contribution is 7.90. The number of nitrogen functional groups attached to an aromatic ring is 1. The molecule has 0 unspecified atom stereocenters. The summed E-state index contributed by atoms with van der Waals surface area (Å²) in [6.07, 6.45) is 2.66. The van der Waals surface area contributed by atoms with Crippen molar-refractivity contribution in [1.29, 1.82) is 0 Å². The Bertz CT molecular complexity index is 904. The zero-order chi connectivity index (χ0) is 15.0. The van der Waals surface area contributed by atoms with Gasteiger partial charge in [-0.1, -0.05) is 18.2 Å². The van der Waals surface area contributed by atoms with E-state index in [2.05, 4.69) is 4.98 Å². The predicted molar refractivity (Wildman–Crippen MR) is 78.6 cm³/mol. The molecule has 2 aromatic heterocycles. The number of hydrogen-bond donors (Lipinski definition) is 3. The molecule has 4 N–H and O–H groups in total. The van der Waals surface area contributed by atoms with Gasteiger partial charge in [-0.3, -0.25) is 10.7 Å². The molecule has 0 aliphatic carbocycles. The third kappa shape index (κ3) is 2.01. The van der Waals surface area contributed by atoms with Crippen LogP contribution in [0.5, 0.6) is 0 Å². The van der Waals surface area contributed by atoms with E-state index in [1.54, 1.807) is 18.2 Å². The molecule has 8 heteroatoms. The van der Waals surface area contributed by atoms with Gasteiger partial charge < -0.3 is 5.73 Å². The fourth-order valence-corrected chi connectivity index (χ4v) is 3.43. The third-order valence-electron chi connectivity index (χ3n) is 3.12. The molecule has 108 valence electrons. The van der Waals surface area contributed by atoms with E-state index in [1.807, 2.05) is 5.48 Å². The third-order valence-corrected chi connectivity index (χ3v) is 4.80. The number of hydrogen-bond acceptors (Lipinski definition) is 6. The van der Waals surface area contributed by atoms with Gasteiger partial charge in [-0.25, -0.2) is 17.4 Å². The van der Waals surface area contributed by atoms with Gasteiger partial charge >= 0.3 is 0 Å². The molecule has 21 heavy (non-hydrogen) atoms. The Kier molecular flexibility index (Phi) is 3.04. The Balaban J connectivity index is 2.28. The van der Waals surface area contributed by atoms with Gasteiger partial charge in [0.2, 0.25) is 0 Å². The second-order valence-corrected chi connectivity index (χ2v) is 6.18. The van der Waals surface area contributed by atoms with Crippen LogP contribution in [0, 0.1) is 0 Å². The molecule has 1 aromatic carbocycles. The van der Waals surface area contributed by atoms with Crippen LogP contribution in [-0.2, 0) is 10.0 Å². The minimum Gasteiger partial charge on any atom is -0.396 e. The van der Waals surface area contributed by atoms with E-state index >= 15 is 0 Å². The van der Waals surface area contributed by atoms with Crippen molar-refractivity contribution >= 4 is 32.4 Å². The van der Waals surface area contributed by atoms with Crippen LogP contribution in [0.25, 0.3) is 11.0 Å². The van der Waals surface area contributed by atoms with Crippen molar-refractivity contribution in [3.63, 3.8) is 0 Å². The molecule has 3 rings (SSSR count). The van der Waals surface area contributed by atoms with Gasteiger partial charge in [0.25, 0.3) is 10.0 Å². The molecular formula is C13H12N4O3S. The molecule has 0 saturated heterocycles. The molecule has 3 aromatic rings. The van der Waals surface area contributed by atoms with Crippen LogP contribution in [-0.4, -0.2) is 22.6 Å². The smallest absolute Gasteiger partial charge is 0.269 e. The summed E-state index contributed by atoms with van der Waals surface area (Å²) in [5, 5.41) is 9.54. The Hall–Kier alpha value is -2.58. The SMILES string of the molecule is Nc1cnc2c(ccn2S(=O)(=O)c2ccccc2)c1NO. The Morgan fingerprint density at radius 1 is 1.19 bits per heavy atom. The number of rotatable bonds is 3. The van der Waals surface area contributed by atoms with Crippen LogP contribution < -0.4 is 11.2 Å². The first-order valence-corrected chi connectivity index (χ1v) is 7.46. The second kappa shape index (κ2) is 4.76. The average Bonchev–Trinajstić information content (AvgIpc) is 2.92. The molecule has 0 amide bonds. The lowest BCUT2D eigenvalue weighted by molar-refractivity contribution is 0.390. The van der Waals surface area contributed by atoms with Gasteiger partial charge in [0.1, 0.15) is 0 Å². The summed E-state index contributed by atoms with van der Waals surface area (Å²) in [7, 11) is -3.76. The van der Waals surface area contributed by atoms with Crippen LogP contribution in [0.4, 0.5) is 11.4 Å². The molecule has 2 heterocycles. The Morgan fingerprint density at radius 3 is 2.57 bits per heavy atom. The van der Waals surface area contributed by atoms with Crippen LogP contribution in [0.3, 0.4) is 0 Å². The van der Waals surface area contributed by atoms with E-state index in [0.29, 0.717) is 5.39 Å². The fraction of sp³-hybridized carbons (Fsp3) is 0. The highest BCUT2D eigenvalue weighted by Crippen LogP contribution is 2.29. The molecule has 7 nitrogen and oxygen atoms in total. The van der Waals surface area contributed by atoms with Crippen LogP contribution in [0.2, 0.25) is 0 Å². The number of aromatic nitrogens is 2. The highest BCUT2D eigenvalue weighted by atomic mass is 32.2. The van der Waals surface area contributed by atoms with Crippen molar-refractivity contribution in [1.82, 2.24) is 8.96 Å². The first-order chi connectivity index (χ1) is 10.1. The number of nitrogens with zero attached hydrogens (tertiary/aromatic N) is 2. The number of pyridine rings is 1. The molecular weight excluding hydrogens is 292 g/mol. The summed E-state index contributed by atoms with van der Waals surface area (Å²) in [4.78, 5) is 4.20. The second-order valence-electron chi connectivity index (χ2n) is 4.37. The fourth-order valence-electron chi connectivity index (χ4n) is 2.10. The van der Waals surface area contributed by atoms with Gasteiger partial charge in [-0.15, -0.1) is 0 Å². The molecule has 0 radical (unpaired) electrons.